The summed E-state index contributed by atoms with van der Waals surface area (Å²) < 4.78 is 11.5. The topological polar surface area (TPSA) is 38.8 Å². The number of benzene rings is 1. The van der Waals surface area contributed by atoms with Crippen LogP contribution in [0.1, 0.15) is 41.6 Å². The molecule has 3 fully saturated rings. The van der Waals surface area contributed by atoms with Crippen molar-refractivity contribution in [2.45, 2.75) is 38.0 Å². The van der Waals surface area contributed by atoms with Crippen molar-refractivity contribution in [1.82, 2.24) is 4.90 Å². The highest BCUT2D eigenvalue weighted by Gasteiger charge is 2.39. The molecule has 2 saturated heterocycles. The minimum atomic E-state index is -0.305. The summed E-state index contributed by atoms with van der Waals surface area (Å²) in [4.78, 5) is 14.6. The number of ether oxygens (including phenoxy) is 2. The molecule has 22 heavy (non-hydrogen) atoms. The van der Waals surface area contributed by atoms with Crippen LogP contribution in [0.3, 0.4) is 0 Å². The smallest absolute Gasteiger partial charge is 0.170 e. The molecule has 0 atom stereocenters. The van der Waals surface area contributed by atoms with E-state index in [1.807, 2.05) is 12.1 Å². The van der Waals surface area contributed by atoms with Gasteiger partial charge in [-0.05, 0) is 24.5 Å². The molecule has 0 bridgehead atoms. The molecule has 1 aromatic carbocycles. The van der Waals surface area contributed by atoms with Crippen molar-refractivity contribution in [2.75, 3.05) is 26.3 Å². The van der Waals surface area contributed by atoms with Gasteiger partial charge in [0.15, 0.2) is 11.6 Å². The number of hydrogen-bond donors (Lipinski definition) is 0. The summed E-state index contributed by atoms with van der Waals surface area (Å²) >= 11 is 0. The van der Waals surface area contributed by atoms with E-state index in [1.54, 1.807) is 0 Å². The average Bonchev–Trinajstić information content (AvgIpc) is 3.30. The van der Waals surface area contributed by atoms with Crippen LogP contribution in [0.5, 0.6) is 0 Å². The molecule has 0 unspecified atom stereocenters. The van der Waals surface area contributed by atoms with Crippen molar-refractivity contribution in [3.63, 3.8) is 0 Å². The van der Waals surface area contributed by atoms with Gasteiger partial charge in [-0.15, -0.1) is 0 Å². The molecular weight excluding hydrogens is 278 g/mol. The zero-order chi connectivity index (χ0) is 15.0. The predicted octanol–water partition coefficient (Wildman–Crippen LogP) is 2.62. The Morgan fingerprint density at radius 2 is 1.91 bits per heavy atom. The van der Waals surface area contributed by atoms with Crippen LogP contribution in [0.25, 0.3) is 0 Å². The van der Waals surface area contributed by atoms with Gasteiger partial charge in [-0.1, -0.05) is 18.2 Å². The Balaban J connectivity index is 1.37. The third-order valence-electron chi connectivity index (χ3n) is 5.00. The van der Waals surface area contributed by atoms with Crippen molar-refractivity contribution in [1.29, 1.82) is 0 Å². The molecule has 4 rings (SSSR count). The summed E-state index contributed by atoms with van der Waals surface area (Å²) in [6.07, 6.45) is 4.01. The number of carbonyl (C=O) groups excluding carboxylic acids is 1. The van der Waals surface area contributed by atoms with E-state index >= 15 is 0 Å². The monoisotopic (exact) mass is 301 g/mol. The summed E-state index contributed by atoms with van der Waals surface area (Å²) in [5.74, 6) is 0.314. The van der Waals surface area contributed by atoms with Gasteiger partial charge in [0.2, 0.25) is 0 Å². The lowest BCUT2D eigenvalue weighted by Crippen LogP contribution is -2.44. The summed E-state index contributed by atoms with van der Waals surface area (Å²) in [5.41, 5.74) is 2.12. The van der Waals surface area contributed by atoms with Gasteiger partial charge in [-0.2, -0.15) is 0 Å². The van der Waals surface area contributed by atoms with Gasteiger partial charge in [0.05, 0.1) is 13.2 Å². The highest BCUT2D eigenvalue weighted by atomic mass is 16.7. The maximum Gasteiger partial charge on any atom is 0.170 e. The molecule has 1 aliphatic carbocycles. The van der Waals surface area contributed by atoms with Crippen molar-refractivity contribution in [3.05, 3.63) is 35.4 Å². The zero-order valence-electron chi connectivity index (χ0n) is 12.9. The van der Waals surface area contributed by atoms with Crippen LogP contribution in [0.2, 0.25) is 0 Å². The van der Waals surface area contributed by atoms with E-state index < -0.39 is 0 Å². The molecule has 0 N–H and O–H groups in total. The van der Waals surface area contributed by atoms with Crippen LogP contribution in [-0.2, 0) is 16.0 Å². The molecule has 0 amide bonds. The molecule has 4 nitrogen and oxygen atoms in total. The Hall–Kier alpha value is -1.23. The number of hydrogen-bond acceptors (Lipinski definition) is 4. The third-order valence-corrected chi connectivity index (χ3v) is 5.00. The minimum absolute atomic E-state index is 0.293. The largest absolute Gasteiger partial charge is 0.347 e. The molecule has 1 saturated carbocycles. The van der Waals surface area contributed by atoms with E-state index in [1.165, 1.54) is 5.56 Å². The van der Waals surface area contributed by atoms with E-state index in [4.69, 9.17) is 9.47 Å². The maximum atomic E-state index is 12.2. The molecular formula is C18H23NO3. The molecule has 4 heteroatoms. The van der Waals surface area contributed by atoms with E-state index in [2.05, 4.69) is 17.0 Å². The highest BCUT2D eigenvalue weighted by molar-refractivity contribution is 5.99. The second kappa shape index (κ2) is 5.76. The number of piperidine rings is 1. The van der Waals surface area contributed by atoms with Crippen molar-refractivity contribution in [3.8, 4) is 0 Å². The molecule has 118 valence electrons. The normalized spacial score (nSPS) is 24.7. The van der Waals surface area contributed by atoms with Crippen molar-refractivity contribution >= 4 is 5.78 Å². The molecule has 3 aliphatic rings. The molecule has 0 aromatic heterocycles. The van der Waals surface area contributed by atoms with Gasteiger partial charge in [-0.25, -0.2) is 0 Å². The Bertz CT molecular complexity index is 551. The van der Waals surface area contributed by atoms with Crippen molar-refractivity contribution in [2.24, 2.45) is 5.92 Å². The van der Waals surface area contributed by atoms with Crippen LogP contribution in [-0.4, -0.2) is 42.8 Å². The first-order valence-corrected chi connectivity index (χ1v) is 8.38. The lowest BCUT2D eigenvalue weighted by Gasteiger charge is -2.37. The Morgan fingerprint density at radius 3 is 2.59 bits per heavy atom. The molecule has 0 radical (unpaired) electrons. The van der Waals surface area contributed by atoms with Crippen LogP contribution in [0.4, 0.5) is 0 Å². The number of ketones is 1. The Morgan fingerprint density at radius 1 is 1.18 bits per heavy atom. The number of likely N-dealkylation sites (tertiary alicyclic amines) is 1. The number of nitrogens with zero attached hydrogens (tertiary/aromatic N) is 1. The lowest BCUT2D eigenvalue weighted by atomic mass is 10.0. The third kappa shape index (κ3) is 2.96. The fourth-order valence-electron chi connectivity index (χ4n) is 3.50. The highest BCUT2D eigenvalue weighted by Crippen LogP contribution is 2.33. The van der Waals surface area contributed by atoms with Crippen LogP contribution in [0, 0.1) is 5.92 Å². The first-order chi connectivity index (χ1) is 10.7. The zero-order valence-corrected chi connectivity index (χ0v) is 12.9. The summed E-state index contributed by atoms with van der Waals surface area (Å²) in [7, 11) is 0. The quantitative estimate of drug-likeness (QED) is 0.801. The lowest BCUT2D eigenvalue weighted by molar-refractivity contribution is -0.185. The van der Waals surface area contributed by atoms with Crippen LogP contribution < -0.4 is 0 Å². The fraction of sp³-hybridized carbons (Fsp3) is 0.611. The van der Waals surface area contributed by atoms with Crippen LogP contribution in [0.15, 0.2) is 24.3 Å². The SMILES string of the molecule is O=C(c1cccc(CN2CCC3(CC2)OCCO3)c1)C1CC1. The Kier molecular flexibility index (Phi) is 3.76. The molecule has 1 spiro atoms. The van der Waals surface area contributed by atoms with Gasteiger partial charge in [0.25, 0.3) is 0 Å². The Labute approximate surface area is 131 Å². The van der Waals surface area contributed by atoms with Gasteiger partial charge in [0, 0.05) is 44.0 Å². The maximum absolute atomic E-state index is 12.2. The summed E-state index contributed by atoms with van der Waals surface area (Å²) in [6, 6.07) is 8.17. The van der Waals surface area contributed by atoms with Crippen molar-refractivity contribution < 1.29 is 14.3 Å². The number of carbonyl (C=O) groups is 1. The molecule has 2 heterocycles. The summed E-state index contributed by atoms with van der Waals surface area (Å²) in [5, 5.41) is 0. The van der Waals surface area contributed by atoms with Gasteiger partial charge in [-0.3, -0.25) is 9.69 Å². The van der Waals surface area contributed by atoms with E-state index in [0.717, 1.165) is 64.1 Å². The summed E-state index contributed by atoms with van der Waals surface area (Å²) in [6.45, 7) is 4.33. The fourth-order valence-corrected chi connectivity index (χ4v) is 3.50. The molecule has 2 aliphatic heterocycles. The average molecular weight is 301 g/mol. The van der Waals surface area contributed by atoms with Gasteiger partial charge >= 0.3 is 0 Å². The number of rotatable bonds is 4. The van der Waals surface area contributed by atoms with E-state index in [9.17, 15) is 4.79 Å². The van der Waals surface area contributed by atoms with Gasteiger partial charge < -0.3 is 9.47 Å². The first-order valence-electron chi connectivity index (χ1n) is 8.38. The van der Waals surface area contributed by atoms with E-state index in [0.29, 0.717) is 11.7 Å². The van der Waals surface area contributed by atoms with Gasteiger partial charge in [0.1, 0.15) is 0 Å². The van der Waals surface area contributed by atoms with Crippen LogP contribution >= 0.6 is 0 Å². The second-order valence-corrected chi connectivity index (χ2v) is 6.72. The second-order valence-electron chi connectivity index (χ2n) is 6.72. The first kappa shape index (κ1) is 14.4. The number of Topliss-reactive ketones (excluding diaryl/α,β-unsaturated/α-hetero) is 1. The standard InChI is InChI=1S/C18H23NO3/c20-17(15-4-5-15)16-3-1-2-14(12-16)13-19-8-6-18(7-9-19)21-10-11-22-18/h1-3,12,15H,4-11,13H2. The van der Waals surface area contributed by atoms with E-state index in [-0.39, 0.29) is 5.79 Å². The predicted molar refractivity (Wildman–Crippen MR) is 82.6 cm³/mol. The molecule has 1 aromatic rings. The minimum Gasteiger partial charge on any atom is -0.347 e.